The van der Waals surface area contributed by atoms with E-state index in [0.29, 0.717) is 27.7 Å². The van der Waals surface area contributed by atoms with Crippen LogP contribution in [0.1, 0.15) is 19.4 Å². The minimum Gasteiger partial charge on any atom is -0.436 e. The number of pyridine rings is 1. The van der Waals surface area contributed by atoms with Crippen LogP contribution >= 0.6 is 39.1 Å². The average Bonchev–Trinajstić information content (AvgIpc) is 2.42. The van der Waals surface area contributed by atoms with Crippen molar-refractivity contribution in [2.45, 2.75) is 26.4 Å². The molecule has 0 saturated carbocycles. The highest BCUT2D eigenvalue weighted by Gasteiger charge is 2.09. The summed E-state index contributed by atoms with van der Waals surface area (Å²) in [4.78, 5) is 4.27. The first kappa shape index (κ1) is 16.6. The van der Waals surface area contributed by atoms with Gasteiger partial charge in [0.2, 0.25) is 5.88 Å². The second-order valence-corrected chi connectivity index (χ2v) is 6.54. The van der Waals surface area contributed by atoms with Crippen molar-refractivity contribution in [3.8, 4) is 11.6 Å². The Labute approximate surface area is 142 Å². The van der Waals surface area contributed by atoms with E-state index in [9.17, 15) is 0 Å². The molecule has 0 aliphatic rings. The van der Waals surface area contributed by atoms with Crippen molar-refractivity contribution in [3.05, 3.63) is 50.5 Å². The zero-order valence-electron chi connectivity index (χ0n) is 11.7. The van der Waals surface area contributed by atoms with Gasteiger partial charge in [-0.15, -0.1) is 0 Å². The molecule has 0 radical (unpaired) electrons. The minimum absolute atomic E-state index is 0.369. The molecule has 0 amide bonds. The second-order valence-electron chi connectivity index (χ2n) is 4.84. The van der Waals surface area contributed by atoms with E-state index in [1.165, 1.54) is 0 Å². The molecule has 0 unspecified atom stereocenters. The quantitative estimate of drug-likeness (QED) is 0.738. The molecule has 6 heteroatoms. The molecule has 0 fully saturated rings. The maximum atomic E-state index is 6.22. The van der Waals surface area contributed by atoms with E-state index in [1.807, 2.05) is 6.07 Å². The van der Waals surface area contributed by atoms with Crippen LogP contribution in [-0.4, -0.2) is 11.0 Å². The highest BCUT2D eigenvalue weighted by atomic mass is 79.9. The second kappa shape index (κ2) is 7.45. The van der Waals surface area contributed by atoms with Gasteiger partial charge in [-0.2, -0.15) is 0 Å². The Bertz CT molecular complexity index is 635. The largest absolute Gasteiger partial charge is 0.436 e. The topological polar surface area (TPSA) is 34.2 Å². The lowest BCUT2D eigenvalue weighted by atomic mass is 10.2. The Morgan fingerprint density at radius 2 is 2.05 bits per heavy atom. The smallest absolute Gasteiger partial charge is 0.238 e. The number of nitrogens with one attached hydrogen (secondary N) is 1. The van der Waals surface area contributed by atoms with E-state index in [0.717, 1.165) is 16.6 Å². The molecule has 2 aromatic rings. The Hall–Kier alpha value is -0.810. The molecule has 3 nitrogen and oxygen atoms in total. The number of ether oxygens (including phenoxy) is 1. The van der Waals surface area contributed by atoms with Crippen molar-refractivity contribution in [2.75, 3.05) is 0 Å². The summed E-state index contributed by atoms with van der Waals surface area (Å²) in [5.41, 5.74) is 1.01. The Kier molecular flexibility index (Phi) is 5.88. The molecule has 0 spiro atoms. The predicted molar refractivity (Wildman–Crippen MR) is 90.4 cm³/mol. The lowest BCUT2D eigenvalue weighted by molar-refractivity contribution is 0.459. The Balaban J connectivity index is 2.13. The minimum atomic E-state index is 0.369. The van der Waals surface area contributed by atoms with Crippen LogP contribution in [0.4, 0.5) is 0 Å². The molecule has 1 heterocycles. The maximum absolute atomic E-state index is 6.22. The summed E-state index contributed by atoms with van der Waals surface area (Å²) in [6.45, 7) is 4.89. The van der Waals surface area contributed by atoms with Crippen LogP contribution in [0.2, 0.25) is 10.0 Å². The summed E-state index contributed by atoms with van der Waals surface area (Å²) in [6.07, 6.45) is 1.75. The van der Waals surface area contributed by atoms with E-state index < -0.39 is 0 Å². The van der Waals surface area contributed by atoms with Gasteiger partial charge >= 0.3 is 0 Å². The Morgan fingerprint density at radius 1 is 1.29 bits per heavy atom. The summed E-state index contributed by atoms with van der Waals surface area (Å²) in [5.74, 6) is 0.981. The lowest BCUT2D eigenvalue weighted by Crippen LogP contribution is -2.21. The van der Waals surface area contributed by atoms with E-state index >= 15 is 0 Å². The molecule has 1 N–H and O–H groups in total. The van der Waals surface area contributed by atoms with Crippen LogP contribution < -0.4 is 10.1 Å². The number of rotatable bonds is 5. The van der Waals surface area contributed by atoms with Gasteiger partial charge in [0.15, 0.2) is 0 Å². The number of hydrogen-bond acceptors (Lipinski definition) is 3. The van der Waals surface area contributed by atoms with Crippen LogP contribution in [0, 0.1) is 0 Å². The zero-order chi connectivity index (χ0) is 15.4. The summed E-state index contributed by atoms with van der Waals surface area (Å²) < 4.78 is 6.46. The number of hydrogen-bond donors (Lipinski definition) is 1. The predicted octanol–water partition coefficient (Wildman–Crippen LogP) is 5.44. The van der Waals surface area contributed by atoms with Crippen LogP contribution in [0.5, 0.6) is 11.6 Å². The highest BCUT2D eigenvalue weighted by molar-refractivity contribution is 9.10. The fourth-order valence-electron chi connectivity index (χ4n) is 1.62. The lowest BCUT2D eigenvalue weighted by Gasteiger charge is -2.11. The van der Waals surface area contributed by atoms with Crippen LogP contribution in [0.25, 0.3) is 0 Å². The molecular formula is C15H15BrCl2N2O. The fourth-order valence-corrected chi connectivity index (χ4v) is 2.61. The molecule has 0 atom stereocenters. The fraction of sp³-hybridized carbons (Fsp3) is 0.267. The summed E-state index contributed by atoms with van der Waals surface area (Å²) in [7, 11) is 0. The first-order chi connectivity index (χ1) is 9.95. The third kappa shape index (κ3) is 4.85. The number of nitrogens with zero attached hydrogens (tertiary/aromatic N) is 1. The molecule has 1 aromatic carbocycles. The zero-order valence-corrected chi connectivity index (χ0v) is 14.8. The maximum Gasteiger partial charge on any atom is 0.238 e. The van der Waals surface area contributed by atoms with Crippen LogP contribution in [0.3, 0.4) is 0 Å². The normalized spacial score (nSPS) is 11.0. The van der Waals surface area contributed by atoms with Crippen molar-refractivity contribution in [1.82, 2.24) is 10.3 Å². The number of benzene rings is 1. The van der Waals surface area contributed by atoms with Gasteiger partial charge in [0.05, 0.1) is 4.47 Å². The molecule has 1 aromatic heterocycles. The molecule has 0 aliphatic heterocycles. The number of halogens is 3. The van der Waals surface area contributed by atoms with Crippen molar-refractivity contribution in [2.24, 2.45) is 0 Å². The van der Waals surface area contributed by atoms with Gasteiger partial charge in [-0.25, -0.2) is 4.98 Å². The standard InChI is InChI=1S/C15H15BrCl2N2O/c1-9(2)19-7-10-5-13(18)15(20-8-10)21-14-4-3-11(17)6-12(14)16/h3-6,8-9,19H,7H2,1-2H3. The first-order valence-electron chi connectivity index (χ1n) is 6.46. The van der Waals surface area contributed by atoms with Crippen molar-refractivity contribution >= 4 is 39.1 Å². The monoisotopic (exact) mass is 388 g/mol. The SMILES string of the molecule is CC(C)NCc1cnc(Oc2ccc(Cl)cc2Br)c(Cl)c1. The van der Waals surface area contributed by atoms with Crippen molar-refractivity contribution < 1.29 is 4.74 Å². The highest BCUT2D eigenvalue weighted by Crippen LogP contribution is 2.34. The van der Waals surface area contributed by atoms with Crippen LogP contribution in [0.15, 0.2) is 34.9 Å². The summed E-state index contributed by atoms with van der Waals surface area (Å²) in [5, 5.41) is 4.41. The molecule has 0 aliphatic carbocycles. The van der Waals surface area contributed by atoms with Crippen molar-refractivity contribution in [1.29, 1.82) is 0 Å². The summed E-state index contributed by atoms with van der Waals surface area (Å²) in [6, 6.07) is 7.52. The van der Waals surface area contributed by atoms with Gasteiger partial charge in [0.25, 0.3) is 0 Å². The van der Waals surface area contributed by atoms with Gasteiger partial charge < -0.3 is 10.1 Å². The molecular weight excluding hydrogens is 375 g/mol. The van der Waals surface area contributed by atoms with E-state index in [-0.39, 0.29) is 0 Å². The average molecular weight is 390 g/mol. The van der Waals surface area contributed by atoms with Gasteiger partial charge in [-0.1, -0.05) is 37.0 Å². The molecule has 0 saturated heterocycles. The third-order valence-corrected chi connectivity index (χ3v) is 3.80. The molecule has 2 rings (SSSR count). The van der Waals surface area contributed by atoms with Gasteiger partial charge in [0, 0.05) is 23.8 Å². The molecule has 21 heavy (non-hydrogen) atoms. The van der Waals surface area contributed by atoms with Gasteiger partial charge in [-0.3, -0.25) is 0 Å². The Morgan fingerprint density at radius 3 is 2.67 bits per heavy atom. The van der Waals surface area contributed by atoms with Crippen molar-refractivity contribution in [3.63, 3.8) is 0 Å². The number of aromatic nitrogens is 1. The van der Waals surface area contributed by atoms with Crippen LogP contribution in [-0.2, 0) is 6.54 Å². The van der Waals surface area contributed by atoms with Gasteiger partial charge in [-0.05, 0) is 45.8 Å². The molecule has 112 valence electrons. The first-order valence-corrected chi connectivity index (χ1v) is 8.01. The van der Waals surface area contributed by atoms with E-state index in [2.05, 4.69) is 40.1 Å². The van der Waals surface area contributed by atoms with E-state index in [1.54, 1.807) is 24.4 Å². The van der Waals surface area contributed by atoms with E-state index in [4.69, 9.17) is 27.9 Å². The van der Waals surface area contributed by atoms with Gasteiger partial charge in [0.1, 0.15) is 10.8 Å². The summed E-state index contributed by atoms with van der Waals surface area (Å²) >= 11 is 15.5. The third-order valence-electron chi connectivity index (χ3n) is 2.68. The molecule has 0 bridgehead atoms.